The summed E-state index contributed by atoms with van der Waals surface area (Å²) >= 11 is 0. The molecule has 0 aliphatic carbocycles. The van der Waals surface area contributed by atoms with Crippen LogP contribution in [0.3, 0.4) is 0 Å². The minimum Gasteiger partial charge on any atom is -0.355 e. The Balaban J connectivity index is 1.71. The van der Waals surface area contributed by atoms with Crippen LogP contribution in [0.5, 0.6) is 0 Å². The molecule has 114 valence electrons. The Morgan fingerprint density at radius 3 is 3.09 bits per heavy atom. The molecule has 23 heavy (non-hydrogen) atoms. The Bertz CT molecular complexity index is 959. The number of fused-ring (bicyclic) bond motifs is 6. The second-order valence-electron chi connectivity index (χ2n) is 6.21. The number of carbonyl (C=O) groups excluding carboxylic acids is 1. The lowest BCUT2D eigenvalue weighted by atomic mass is 9.98. The average molecular weight is 304 g/mol. The first-order valence-corrected chi connectivity index (χ1v) is 7.86. The van der Waals surface area contributed by atoms with E-state index in [-0.39, 0.29) is 12.1 Å². The Kier molecular flexibility index (Phi) is 2.40. The molecule has 1 unspecified atom stereocenters. The number of carbonyl (C=O) groups is 1. The molecule has 2 aliphatic heterocycles. The van der Waals surface area contributed by atoms with Crippen LogP contribution < -0.4 is 5.32 Å². The molecule has 2 N–H and O–H groups in total. The van der Waals surface area contributed by atoms with Crippen LogP contribution in [-0.4, -0.2) is 27.3 Å². The fourth-order valence-corrected chi connectivity index (χ4v) is 3.81. The van der Waals surface area contributed by atoms with E-state index in [2.05, 4.69) is 40.4 Å². The monoisotopic (exact) mass is 304 g/mol. The number of nitrogens with zero attached hydrogens (tertiary/aromatic N) is 2. The number of para-hydroxylation sites is 1. The minimum atomic E-state index is -0.166. The number of hydrogen-bond donors (Lipinski definition) is 2. The summed E-state index contributed by atoms with van der Waals surface area (Å²) in [5.74, 6) is 0.722. The van der Waals surface area contributed by atoms with Crippen molar-refractivity contribution < 1.29 is 4.79 Å². The molecule has 5 nitrogen and oxygen atoms in total. The lowest BCUT2D eigenvalue weighted by Gasteiger charge is -2.40. The van der Waals surface area contributed by atoms with Gasteiger partial charge in [0.25, 0.3) is 5.91 Å². The van der Waals surface area contributed by atoms with Gasteiger partial charge in [-0.15, -0.1) is 0 Å². The molecule has 5 heteroatoms. The summed E-state index contributed by atoms with van der Waals surface area (Å²) in [7, 11) is 0. The summed E-state index contributed by atoms with van der Waals surface area (Å²) in [4.78, 5) is 22.6. The zero-order valence-electron chi connectivity index (χ0n) is 12.8. The highest BCUT2D eigenvalue weighted by Gasteiger charge is 2.38. The maximum Gasteiger partial charge on any atom is 0.259 e. The van der Waals surface area contributed by atoms with E-state index in [9.17, 15) is 4.79 Å². The van der Waals surface area contributed by atoms with Crippen molar-refractivity contribution in [2.24, 2.45) is 0 Å². The molecule has 5 rings (SSSR count). The molecule has 1 aromatic carbocycles. The van der Waals surface area contributed by atoms with Crippen LogP contribution >= 0.6 is 0 Å². The van der Waals surface area contributed by atoms with E-state index < -0.39 is 0 Å². The van der Waals surface area contributed by atoms with Crippen LogP contribution in [0.15, 0.2) is 36.5 Å². The average Bonchev–Trinajstić information content (AvgIpc) is 2.96. The maximum absolute atomic E-state index is 12.8. The van der Waals surface area contributed by atoms with Crippen LogP contribution in [-0.2, 0) is 6.42 Å². The van der Waals surface area contributed by atoms with E-state index in [0.717, 1.165) is 18.7 Å². The number of amides is 1. The number of nitrogens with one attached hydrogen (secondary N) is 2. The van der Waals surface area contributed by atoms with Gasteiger partial charge in [0.2, 0.25) is 0 Å². The Hall–Kier alpha value is -2.82. The molecular weight excluding hydrogens is 288 g/mol. The van der Waals surface area contributed by atoms with Gasteiger partial charge in [0.1, 0.15) is 12.0 Å². The van der Waals surface area contributed by atoms with Crippen molar-refractivity contribution in [3.63, 3.8) is 0 Å². The fraction of sp³-hybridized carbons (Fsp3) is 0.222. The number of pyridine rings is 1. The molecule has 0 saturated heterocycles. The van der Waals surface area contributed by atoms with Crippen LogP contribution in [0.25, 0.3) is 10.9 Å². The molecular formula is C18H16N4O. The lowest BCUT2D eigenvalue weighted by Crippen LogP contribution is -2.47. The van der Waals surface area contributed by atoms with Gasteiger partial charge in [0, 0.05) is 23.6 Å². The van der Waals surface area contributed by atoms with Gasteiger partial charge in [-0.3, -0.25) is 4.79 Å². The zero-order chi connectivity index (χ0) is 15.6. The predicted octanol–water partition coefficient (Wildman–Crippen LogP) is 2.99. The second kappa shape index (κ2) is 4.35. The van der Waals surface area contributed by atoms with Gasteiger partial charge in [-0.2, -0.15) is 0 Å². The third kappa shape index (κ3) is 1.62. The minimum absolute atomic E-state index is 0.0536. The molecule has 3 aromatic rings. The van der Waals surface area contributed by atoms with E-state index in [1.165, 1.54) is 22.0 Å². The molecule has 2 aromatic heterocycles. The summed E-state index contributed by atoms with van der Waals surface area (Å²) < 4.78 is 0. The van der Waals surface area contributed by atoms with Crippen LogP contribution in [0.1, 0.15) is 33.3 Å². The van der Waals surface area contributed by atoms with Crippen LogP contribution in [0, 0.1) is 6.92 Å². The number of aromatic nitrogens is 2. The van der Waals surface area contributed by atoms with Gasteiger partial charge in [0.05, 0.1) is 11.3 Å². The first-order valence-electron chi connectivity index (χ1n) is 7.86. The topological polar surface area (TPSA) is 61.0 Å². The number of rotatable bonds is 0. The molecule has 4 heterocycles. The van der Waals surface area contributed by atoms with Gasteiger partial charge >= 0.3 is 0 Å². The highest BCUT2D eigenvalue weighted by atomic mass is 16.2. The van der Waals surface area contributed by atoms with Crippen molar-refractivity contribution in [3.8, 4) is 0 Å². The number of H-pyrrole nitrogens is 1. The van der Waals surface area contributed by atoms with Gasteiger partial charge < -0.3 is 15.2 Å². The van der Waals surface area contributed by atoms with Crippen LogP contribution in [0.4, 0.5) is 5.82 Å². The normalized spacial score (nSPS) is 19.1. The van der Waals surface area contributed by atoms with Crippen molar-refractivity contribution >= 4 is 22.6 Å². The third-order valence-electron chi connectivity index (χ3n) is 4.94. The smallest absolute Gasteiger partial charge is 0.259 e. The number of anilines is 1. The SMILES string of the molecule is Cc1cccc2c3c([nH]c12)C1Nc2ncccc2C(=O)N1CC3. The molecule has 2 aliphatic rings. The number of aryl methyl sites for hydroxylation is 1. The maximum atomic E-state index is 12.8. The molecule has 0 fully saturated rings. The first-order chi connectivity index (χ1) is 11.2. The molecule has 1 amide bonds. The van der Waals surface area contributed by atoms with E-state index in [4.69, 9.17) is 0 Å². The van der Waals surface area contributed by atoms with E-state index in [1.807, 2.05) is 11.0 Å². The lowest BCUT2D eigenvalue weighted by molar-refractivity contribution is 0.0666. The van der Waals surface area contributed by atoms with Gasteiger partial charge in [-0.1, -0.05) is 18.2 Å². The van der Waals surface area contributed by atoms with Crippen molar-refractivity contribution in [2.45, 2.75) is 19.5 Å². The summed E-state index contributed by atoms with van der Waals surface area (Å²) in [6.07, 6.45) is 2.42. The molecule has 1 atom stereocenters. The van der Waals surface area contributed by atoms with Gasteiger partial charge in [-0.25, -0.2) is 4.98 Å². The Labute approximate surface area is 133 Å². The summed E-state index contributed by atoms with van der Waals surface area (Å²) in [5.41, 5.74) is 5.44. The van der Waals surface area contributed by atoms with Crippen molar-refractivity contribution in [1.82, 2.24) is 14.9 Å². The van der Waals surface area contributed by atoms with E-state index in [1.54, 1.807) is 12.3 Å². The third-order valence-corrected chi connectivity index (χ3v) is 4.94. The number of benzene rings is 1. The van der Waals surface area contributed by atoms with Crippen molar-refractivity contribution in [2.75, 3.05) is 11.9 Å². The molecule has 0 spiro atoms. The first kappa shape index (κ1) is 12.7. The quantitative estimate of drug-likeness (QED) is 0.671. The molecule has 0 bridgehead atoms. The predicted molar refractivity (Wildman–Crippen MR) is 88.4 cm³/mol. The summed E-state index contributed by atoms with van der Waals surface area (Å²) in [5, 5.41) is 4.69. The van der Waals surface area contributed by atoms with Crippen molar-refractivity contribution in [3.05, 3.63) is 58.9 Å². The fourth-order valence-electron chi connectivity index (χ4n) is 3.81. The Morgan fingerprint density at radius 1 is 1.26 bits per heavy atom. The van der Waals surface area contributed by atoms with Gasteiger partial charge in [0.15, 0.2) is 0 Å². The Morgan fingerprint density at radius 2 is 2.17 bits per heavy atom. The van der Waals surface area contributed by atoms with Crippen LogP contribution in [0.2, 0.25) is 0 Å². The molecule has 0 saturated carbocycles. The molecule has 0 radical (unpaired) electrons. The number of hydrogen-bond acceptors (Lipinski definition) is 3. The summed E-state index contributed by atoms with van der Waals surface area (Å²) in [6.45, 7) is 2.83. The standard InChI is InChI=1S/C18H16N4O/c1-10-4-2-5-11-12-7-9-22-17(15(12)20-14(10)11)21-16-13(18(22)23)6-3-8-19-16/h2-6,8,17,20H,7,9H2,1H3,(H,19,21). The second-order valence-corrected chi connectivity index (χ2v) is 6.21. The number of aromatic amines is 1. The van der Waals surface area contributed by atoms with E-state index >= 15 is 0 Å². The van der Waals surface area contributed by atoms with Gasteiger partial charge in [-0.05, 0) is 36.6 Å². The highest BCUT2D eigenvalue weighted by molar-refractivity contribution is 6.01. The highest BCUT2D eigenvalue weighted by Crippen LogP contribution is 2.39. The van der Waals surface area contributed by atoms with Crippen molar-refractivity contribution in [1.29, 1.82) is 0 Å². The largest absolute Gasteiger partial charge is 0.355 e. The van der Waals surface area contributed by atoms with E-state index in [0.29, 0.717) is 11.4 Å². The zero-order valence-corrected chi connectivity index (χ0v) is 12.8. The summed E-state index contributed by atoms with van der Waals surface area (Å²) in [6, 6.07) is 10.00.